The standard InChI is InChI=1S/C17H33N3O/c1-17(2,3)13-8-7-12(11-18)15(10-13)20-9-5-6-14(20)16(21)19-4/h12-15H,5-11,18H2,1-4H3,(H,19,21). The summed E-state index contributed by atoms with van der Waals surface area (Å²) in [5.74, 6) is 1.46. The van der Waals surface area contributed by atoms with E-state index in [1.54, 1.807) is 7.05 Å². The number of hydrogen-bond acceptors (Lipinski definition) is 3. The molecule has 0 radical (unpaired) electrons. The van der Waals surface area contributed by atoms with E-state index in [1.165, 1.54) is 19.3 Å². The zero-order chi connectivity index (χ0) is 15.6. The van der Waals surface area contributed by atoms with Crippen LogP contribution in [0.3, 0.4) is 0 Å². The lowest BCUT2D eigenvalue weighted by Crippen LogP contribution is -2.53. The summed E-state index contributed by atoms with van der Waals surface area (Å²) in [6, 6.07) is 0.547. The van der Waals surface area contributed by atoms with Gasteiger partial charge in [0.15, 0.2) is 0 Å². The van der Waals surface area contributed by atoms with Gasteiger partial charge in [0.2, 0.25) is 5.91 Å². The first-order chi connectivity index (χ1) is 9.88. The molecular formula is C17H33N3O. The quantitative estimate of drug-likeness (QED) is 0.837. The topological polar surface area (TPSA) is 58.4 Å². The van der Waals surface area contributed by atoms with E-state index in [9.17, 15) is 4.79 Å². The van der Waals surface area contributed by atoms with Crippen molar-refractivity contribution < 1.29 is 4.79 Å². The molecule has 4 atom stereocenters. The Morgan fingerprint density at radius 3 is 2.57 bits per heavy atom. The summed E-state index contributed by atoms with van der Waals surface area (Å²) in [5, 5.41) is 2.84. The van der Waals surface area contributed by atoms with Crippen molar-refractivity contribution in [2.45, 2.75) is 65.0 Å². The Morgan fingerprint density at radius 1 is 1.29 bits per heavy atom. The van der Waals surface area contributed by atoms with Crippen molar-refractivity contribution in [2.75, 3.05) is 20.1 Å². The van der Waals surface area contributed by atoms with Crippen molar-refractivity contribution in [1.29, 1.82) is 0 Å². The summed E-state index contributed by atoms with van der Waals surface area (Å²) < 4.78 is 0. The number of nitrogens with one attached hydrogen (secondary N) is 1. The van der Waals surface area contributed by atoms with Gasteiger partial charge in [0.25, 0.3) is 0 Å². The van der Waals surface area contributed by atoms with Crippen LogP contribution in [-0.2, 0) is 4.79 Å². The SMILES string of the molecule is CNC(=O)C1CCCN1C1CC(C(C)(C)C)CCC1CN. The number of carbonyl (C=O) groups excluding carboxylic acids is 1. The summed E-state index contributed by atoms with van der Waals surface area (Å²) in [6.07, 6.45) is 5.80. The van der Waals surface area contributed by atoms with E-state index in [-0.39, 0.29) is 11.9 Å². The molecule has 2 fully saturated rings. The predicted octanol–water partition coefficient (Wildman–Crippen LogP) is 1.99. The highest BCUT2D eigenvalue weighted by Crippen LogP contribution is 2.42. The summed E-state index contributed by atoms with van der Waals surface area (Å²) in [5.41, 5.74) is 6.39. The number of nitrogens with two attached hydrogens (primary N) is 1. The Kier molecular flexibility index (Phi) is 5.31. The van der Waals surface area contributed by atoms with Gasteiger partial charge in [-0.05, 0) is 62.4 Å². The molecule has 0 bridgehead atoms. The number of carbonyl (C=O) groups is 1. The largest absolute Gasteiger partial charge is 0.358 e. The second kappa shape index (κ2) is 6.66. The minimum atomic E-state index is 0.0627. The van der Waals surface area contributed by atoms with Gasteiger partial charge in [-0.2, -0.15) is 0 Å². The average molecular weight is 295 g/mol. The molecule has 1 saturated carbocycles. The van der Waals surface area contributed by atoms with Crippen LogP contribution in [0.25, 0.3) is 0 Å². The highest BCUT2D eigenvalue weighted by molar-refractivity contribution is 5.81. The Labute approximate surface area is 129 Å². The summed E-state index contributed by atoms with van der Waals surface area (Å²) in [4.78, 5) is 14.6. The summed E-state index contributed by atoms with van der Waals surface area (Å²) in [7, 11) is 1.75. The van der Waals surface area contributed by atoms with Crippen LogP contribution in [0.1, 0.15) is 52.9 Å². The van der Waals surface area contributed by atoms with Crippen molar-refractivity contribution in [3.8, 4) is 0 Å². The second-order valence-electron chi connectivity index (χ2n) is 7.95. The Balaban J connectivity index is 2.15. The first-order valence-electron chi connectivity index (χ1n) is 8.56. The average Bonchev–Trinajstić information content (AvgIpc) is 2.94. The molecule has 0 aromatic heterocycles. The number of likely N-dealkylation sites (tertiary alicyclic amines) is 1. The maximum Gasteiger partial charge on any atom is 0.237 e. The zero-order valence-electron chi connectivity index (χ0n) is 14.2. The molecule has 4 unspecified atom stereocenters. The van der Waals surface area contributed by atoms with E-state index >= 15 is 0 Å². The predicted molar refractivity (Wildman–Crippen MR) is 86.9 cm³/mol. The third-order valence-electron chi connectivity index (χ3n) is 5.75. The van der Waals surface area contributed by atoms with E-state index in [2.05, 4.69) is 31.0 Å². The van der Waals surface area contributed by atoms with E-state index in [1.807, 2.05) is 0 Å². The van der Waals surface area contributed by atoms with Crippen LogP contribution in [0.15, 0.2) is 0 Å². The van der Waals surface area contributed by atoms with Crippen LogP contribution in [0, 0.1) is 17.3 Å². The van der Waals surface area contributed by atoms with Crippen molar-refractivity contribution in [3.63, 3.8) is 0 Å². The van der Waals surface area contributed by atoms with Crippen LogP contribution in [0.2, 0.25) is 0 Å². The zero-order valence-corrected chi connectivity index (χ0v) is 14.2. The number of rotatable bonds is 3. The van der Waals surface area contributed by atoms with Crippen molar-refractivity contribution >= 4 is 5.91 Å². The number of nitrogens with zero attached hydrogens (tertiary/aromatic N) is 1. The molecule has 0 aromatic carbocycles. The Bertz CT molecular complexity index is 364. The van der Waals surface area contributed by atoms with Gasteiger partial charge < -0.3 is 11.1 Å². The maximum atomic E-state index is 12.2. The molecule has 21 heavy (non-hydrogen) atoms. The molecule has 1 aliphatic heterocycles. The van der Waals surface area contributed by atoms with E-state index in [0.717, 1.165) is 31.8 Å². The summed E-state index contributed by atoms with van der Waals surface area (Å²) in [6.45, 7) is 8.84. The fourth-order valence-corrected chi connectivity index (χ4v) is 4.31. The van der Waals surface area contributed by atoms with Crippen LogP contribution in [0.4, 0.5) is 0 Å². The van der Waals surface area contributed by atoms with Crippen LogP contribution in [-0.4, -0.2) is 43.0 Å². The van der Waals surface area contributed by atoms with Crippen LogP contribution in [0.5, 0.6) is 0 Å². The van der Waals surface area contributed by atoms with E-state index < -0.39 is 0 Å². The lowest BCUT2D eigenvalue weighted by Gasteiger charge is -2.46. The maximum absolute atomic E-state index is 12.2. The van der Waals surface area contributed by atoms with E-state index in [4.69, 9.17) is 5.73 Å². The van der Waals surface area contributed by atoms with Gasteiger partial charge in [-0.3, -0.25) is 9.69 Å². The van der Waals surface area contributed by atoms with Gasteiger partial charge in [0.05, 0.1) is 6.04 Å². The molecule has 2 rings (SSSR count). The van der Waals surface area contributed by atoms with Crippen molar-refractivity contribution in [2.24, 2.45) is 23.0 Å². The van der Waals surface area contributed by atoms with Gasteiger partial charge in [-0.15, -0.1) is 0 Å². The number of hydrogen-bond donors (Lipinski definition) is 2. The molecule has 0 spiro atoms. The third kappa shape index (κ3) is 3.59. The molecule has 122 valence electrons. The van der Waals surface area contributed by atoms with Crippen molar-refractivity contribution in [3.05, 3.63) is 0 Å². The minimum absolute atomic E-state index is 0.0627. The van der Waals surface area contributed by atoms with E-state index in [0.29, 0.717) is 17.4 Å². The lowest BCUT2D eigenvalue weighted by molar-refractivity contribution is -0.126. The summed E-state index contributed by atoms with van der Waals surface area (Å²) >= 11 is 0. The molecule has 1 saturated heterocycles. The van der Waals surface area contributed by atoms with Crippen LogP contribution >= 0.6 is 0 Å². The third-order valence-corrected chi connectivity index (χ3v) is 5.75. The molecular weight excluding hydrogens is 262 g/mol. The van der Waals surface area contributed by atoms with Gasteiger partial charge in [0, 0.05) is 13.1 Å². The number of likely N-dealkylation sites (N-methyl/N-ethyl adjacent to an activating group) is 1. The monoisotopic (exact) mass is 295 g/mol. The lowest BCUT2D eigenvalue weighted by atomic mass is 9.67. The molecule has 1 heterocycles. The highest BCUT2D eigenvalue weighted by atomic mass is 16.2. The van der Waals surface area contributed by atoms with Gasteiger partial charge in [-0.25, -0.2) is 0 Å². The Hall–Kier alpha value is -0.610. The smallest absolute Gasteiger partial charge is 0.237 e. The minimum Gasteiger partial charge on any atom is -0.358 e. The molecule has 0 aromatic rings. The fraction of sp³-hybridized carbons (Fsp3) is 0.941. The van der Waals surface area contributed by atoms with Gasteiger partial charge in [-0.1, -0.05) is 20.8 Å². The van der Waals surface area contributed by atoms with Crippen molar-refractivity contribution in [1.82, 2.24) is 10.2 Å². The molecule has 1 aliphatic carbocycles. The molecule has 3 N–H and O–H groups in total. The Morgan fingerprint density at radius 2 is 2.00 bits per heavy atom. The first-order valence-corrected chi connectivity index (χ1v) is 8.56. The fourth-order valence-electron chi connectivity index (χ4n) is 4.31. The molecule has 4 nitrogen and oxygen atoms in total. The van der Waals surface area contributed by atoms with Gasteiger partial charge in [0.1, 0.15) is 0 Å². The first kappa shape index (κ1) is 16.8. The molecule has 4 heteroatoms. The van der Waals surface area contributed by atoms with Gasteiger partial charge >= 0.3 is 0 Å². The highest BCUT2D eigenvalue weighted by Gasteiger charge is 2.42. The second-order valence-corrected chi connectivity index (χ2v) is 7.95. The normalized spacial score (nSPS) is 34.9. The van der Waals surface area contributed by atoms with Crippen LogP contribution < -0.4 is 11.1 Å². The molecule has 1 amide bonds. The number of amides is 1. The molecule has 2 aliphatic rings.